The number of rotatable bonds is 11. The minimum absolute atomic E-state index is 0.0318. The number of carbonyl (C=O) groups is 2. The van der Waals surface area contributed by atoms with Gasteiger partial charge in [0.05, 0.1) is 30.9 Å². The van der Waals surface area contributed by atoms with Crippen LogP contribution >= 0.6 is 0 Å². The Morgan fingerprint density at radius 2 is 1.74 bits per heavy atom. The molecule has 1 amide bonds. The van der Waals surface area contributed by atoms with Crippen LogP contribution in [0.1, 0.15) is 18.4 Å². The number of amides is 1. The van der Waals surface area contributed by atoms with Gasteiger partial charge in [0.2, 0.25) is 0 Å². The third-order valence-electron chi connectivity index (χ3n) is 7.87. The molecule has 3 unspecified atom stereocenters. The highest BCUT2D eigenvalue weighted by Gasteiger charge is 2.58. The number of hydrogen-bond acceptors (Lipinski definition) is 7. The second kappa shape index (κ2) is 12.2. The molecule has 0 aliphatic carbocycles. The van der Waals surface area contributed by atoms with E-state index in [-0.39, 0.29) is 23.6 Å². The first-order valence-corrected chi connectivity index (χ1v) is 13.6. The fourth-order valence-electron chi connectivity index (χ4n) is 5.84. The fourth-order valence-corrected chi connectivity index (χ4v) is 5.84. The molecule has 39 heavy (non-hydrogen) atoms. The van der Waals surface area contributed by atoms with Crippen LogP contribution < -0.4 is 10.6 Å². The Morgan fingerprint density at radius 1 is 1.05 bits per heavy atom. The Balaban J connectivity index is 1.43. The average Bonchev–Trinajstić information content (AvgIpc) is 3.56. The van der Waals surface area contributed by atoms with E-state index < -0.39 is 17.7 Å². The van der Waals surface area contributed by atoms with Crippen LogP contribution in [0.3, 0.4) is 0 Å². The van der Waals surface area contributed by atoms with Gasteiger partial charge in [0.1, 0.15) is 11.7 Å². The number of methoxy groups -OCH3 is 2. The second-order valence-electron chi connectivity index (χ2n) is 10.3. The van der Waals surface area contributed by atoms with Crippen molar-refractivity contribution in [1.29, 1.82) is 0 Å². The maximum atomic E-state index is 13.7. The molecule has 1 saturated heterocycles. The largest absolute Gasteiger partial charge is 0.466 e. The van der Waals surface area contributed by atoms with Gasteiger partial charge < -0.3 is 29.7 Å². The van der Waals surface area contributed by atoms with Gasteiger partial charge in [-0.3, -0.25) is 4.79 Å². The van der Waals surface area contributed by atoms with E-state index in [0.717, 1.165) is 43.7 Å². The molecule has 2 aromatic rings. The van der Waals surface area contributed by atoms with Crippen LogP contribution in [-0.4, -0.2) is 81.0 Å². The maximum Gasteiger partial charge on any atom is 0.337 e. The Kier molecular flexibility index (Phi) is 8.45. The Morgan fingerprint density at radius 3 is 2.41 bits per heavy atom. The maximum absolute atomic E-state index is 13.7. The Labute approximate surface area is 230 Å². The summed E-state index contributed by atoms with van der Waals surface area (Å²) in [6.07, 6.45) is 5.45. The molecule has 5 rings (SSSR count). The molecule has 3 aliphatic heterocycles. The number of ether oxygens (including phenoxy) is 3. The normalized spacial score (nSPS) is 23.6. The summed E-state index contributed by atoms with van der Waals surface area (Å²) in [5.74, 6) is -0.811. The van der Waals surface area contributed by atoms with E-state index in [9.17, 15) is 9.59 Å². The van der Waals surface area contributed by atoms with Gasteiger partial charge >= 0.3 is 5.97 Å². The first-order valence-electron chi connectivity index (χ1n) is 13.6. The van der Waals surface area contributed by atoms with Crippen LogP contribution in [-0.2, 0) is 30.2 Å². The van der Waals surface area contributed by atoms with Crippen molar-refractivity contribution in [2.24, 2.45) is 0 Å². The number of nitrogens with one attached hydrogen (secondary N) is 2. The van der Waals surface area contributed by atoms with Crippen LogP contribution in [0, 0.1) is 0 Å². The predicted octanol–water partition coefficient (Wildman–Crippen LogP) is 3.11. The number of fused-ring (bicyclic) bond motifs is 2. The number of anilines is 1. The molecule has 2 N–H and O–H groups in total. The van der Waals surface area contributed by atoms with Gasteiger partial charge in [-0.1, -0.05) is 54.6 Å². The summed E-state index contributed by atoms with van der Waals surface area (Å²) in [7, 11) is 3.05. The lowest BCUT2D eigenvalue weighted by atomic mass is 9.78. The lowest BCUT2D eigenvalue weighted by Crippen LogP contribution is -2.50. The zero-order chi connectivity index (χ0) is 27.2. The molecule has 3 atom stereocenters. The van der Waals surface area contributed by atoms with Gasteiger partial charge in [0.25, 0.3) is 5.91 Å². The minimum atomic E-state index is -1.15. The van der Waals surface area contributed by atoms with E-state index in [0.29, 0.717) is 18.6 Å². The van der Waals surface area contributed by atoms with Gasteiger partial charge in [-0.2, -0.15) is 0 Å². The zero-order valence-electron chi connectivity index (χ0n) is 22.6. The summed E-state index contributed by atoms with van der Waals surface area (Å²) in [5.41, 5.74) is 1.45. The number of hydrogen-bond donors (Lipinski definition) is 2. The lowest BCUT2D eigenvalue weighted by molar-refractivity contribution is -0.138. The van der Waals surface area contributed by atoms with Crippen molar-refractivity contribution < 1.29 is 23.8 Å². The number of carbonyl (C=O) groups excluding carboxylic acids is 2. The summed E-state index contributed by atoms with van der Waals surface area (Å²) < 4.78 is 17.0. The lowest BCUT2D eigenvalue weighted by Gasteiger charge is -2.36. The van der Waals surface area contributed by atoms with Crippen molar-refractivity contribution in [3.63, 3.8) is 0 Å². The molecule has 0 spiro atoms. The van der Waals surface area contributed by atoms with Crippen molar-refractivity contribution in [3.05, 3.63) is 89.5 Å². The van der Waals surface area contributed by atoms with Gasteiger partial charge in [-0.15, -0.1) is 0 Å². The van der Waals surface area contributed by atoms with Crippen molar-refractivity contribution in [3.8, 4) is 0 Å². The summed E-state index contributed by atoms with van der Waals surface area (Å²) in [4.78, 5) is 29.4. The van der Waals surface area contributed by atoms with Crippen LogP contribution in [0.2, 0.25) is 0 Å². The molecule has 0 radical (unpaired) electrons. The second-order valence-corrected chi connectivity index (χ2v) is 10.3. The summed E-state index contributed by atoms with van der Waals surface area (Å²) in [6, 6.07) is 19.6. The zero-order valence-corrected chi connectivity index (χ0v) is 22.6. The van der Waals surface area contributed by atoms with E-state index in [1.807, 2.05) is 60.7 Å². The van der Waals surface area contributed by atoms with Crippen LogP contribution in [0.4, 0.5) is 5.69 Å². The molecule has 1 fully saturated rings. The summed E-state index contributed by atoms with van der Waals surface area (Å²) >= 11 is 0. The third-order valence-corrected chi connectivity index (χ3v) is 7.87. The van der Waals surface area contributed by atoms with E-state index >= 15 is 0 Å². The summed E-state index contributed by atoms with van der Waals surface area (Å²) in [6.45, 7) is 3.36. The van der Waals surface area contributed by atoms with E-state index in [2.05, 4.69) is 27.7 Å². The molecule has 8 nitrogen and oxygen atoms in total. The van der Waals surface area contributed by atoms with Gasteiger partial charge in [0, 0.05) is 38.5 Å². The fraction of sp³-hybridized carbons (Fsp3) is 0.419. The average molecular weight is 532 g/mol. The van der Waals surface area contributed by atoms with Crippen molar-refractivity contribution >= 4 is 17.6 Å². The van der Waals surface area contributed by atoms with Crippen LogP contribution in [0.15, 0.2) is 84.0 Å². The Hall–Kier alpha value is -3.46. The third kappa shape index (κ3) is 5.78. The standard InChI is InChI=1S/C31H37N3O5/c1-37-20-19-34-17-14-24(15-18-34)33-29(35)27-25-13-16-31(39-25,28(27)30(36)38-2)26(21-22-9-5-3-6-10-22)32-23-11-7-4-8-12-23/h3-13,16,24-26,32H,14-15,17-21H2,1-2H3,(H,33,35). The number of nitrogens with zero attached hydrogens (tertiary/aromatic N) is 1. The summed E-state index contributed by atoms with van der Waals surface area (Å²) in [5, 5.41) is 6.78. The van der Waals surface area contributed by atoms with E-state index in [4.69, 9.17) is 14.2 Å². The highest BCUT2D eigenvalue weighted by molar-refractivity contribution is 6.07. The molecule has 3 aliphatic rings. The van der Waals surface area contributed by atoms with Crippen molar-refractivity contribution in [2.45, 2.75) is 43.1 Å². The van der Waals surface area contributed by atoms with Crippen LogP contribution in [0.5, 0.6) is 0 Å². The SMILES string of the molecule is COCCN1CCC(NC(=O)C2=C(C(=O)OC)C3(C(Cc4ccccc4)Nc4ccccc4)C=CC2O3)CC1. The molecule has 2 aromatic carbocycles. The smallest absolute Gasteiger partial charge is 0.337 e. The highest BCUT2D eigenvalue weighted by Crippen LogP contribution is 2.47. The monoisotopic (exact) mass is 531 g/mol. The predicted molar refractivity (Wildman–Crippen MR) is 149 cm³/mol. The van der Waals surface area contributed by atoms with E-state index in [1.165, 1.54) is 7.11 Å². The highest BCUT2D eigenvalue weighted by atomic mass is 16.5. The molecular weight excluding hydrogens is 494 g/mol. The molecule has 0 saturated carbocycles. The molecular formula is C31H37N3O5. The number of likely N-dealkylation sites (tertiary alicyclic amines) is 1. The molecule has 3 heterocycles. The molecule has 2 bridgehead atoms. The molecule has 206 valence electrons. The van der Waals surface area contributed by atoms with Gasteiger partial charge in [0.15, 0.2) is 0 Å². The number of benzene rings is 2. The first kappa shape index (κ1) is 27.1. The van der Waals surface area contributed by atoms with E-state index in [1.54, 1.807) is 7.11 Å². The van der Waals surface area contributed by atoms with Gasteiger partial charge in [-0.05, 0) is 43.0 Å². The molecule has 8 heteroatoms. The number of para-hydroxylation sites is 1. The van der Waals surface area contributed by atoms with Crippen molar-refractivity contribution in [2.75, 3.05) is 45.8 Å². The van der Waals surface area contributed by atoms with Crippen LogP contribution in [0.25, 0.3) is 0 Å². The topological polar surface area (TPSA) is 89.1 Å². The van der Waals surface area contributed by atoms with Crippen molar-refractivity contribution in [1.82, 2.24) is 10.2 Å². The molecule has 0 aromatic heterocycles. The number of piperidine rings is 1. The Bertz CT molecular complexity index is 1170. The van der Waals surface area contributed by atoms with Gasteiger partial charge in [-0.25, -0.2) is 4.79 Å². The quantitative estimate of drug-likeness (QED) is 0.340. The minimum Gasteiger partial charge on any atom is -0.466 e. The number of esters is 1. The first-order chi connectivity index (χ1) is 19.0.